The van der Waals surface area contributed by atoms with Crippen molar-refractivity contribution in [3.63, 3.8) is 0 Å². The van der Waals surface area contributed by atoms with Gasteiger partial charge in [0.25, 0.3) is 0 Å². The minimum Gasteiger partial charge on any atom is -0.352 e. The van der Waals surface area contributed by atoms with Gasteiger partial charge in [-0.15, -0.1) is 0 Å². The summed E-state index contributed by atoms with van der Waals surface area (Å²) in [5, 5.41) is 3.11. The Morgan fingerprint density at radius 1 is 1.17 bits per heavy atom. The Morgan fingerprint density at radius 2 is 1.83 bits per heavy atom. The first-order chi connectivity index (χ1) is 11.1. The molecule has 1 N–H and O–H groups in total. The fourth-order valence-corrected chi connectivity index (χ4v) is 5.62. The van der Waals surface area contributed by atoms with Crippen molar-refractivity contribution in [2.75, 3.05) is 6.54 Å². The highest BCUT2D eigenvalue weighted by molar-refractivity contribution is 5.91. The summed E-state index contributed by atoms with van der Waals surface area (Å²) in [6, 6.07) is 6.29. The van der Waals surface area contributed by atoms with Crippen LogP contribution in [0.5, 0.6) is 0 Å². The van der Waals surface area contributed by atoms with E-state index in [0.29, 0.717) is 5.41 Å². The van der Waals surface area contributed by atoms with E-state index in [2.05, 4.69) is 5.32 Å². The maximum Gasteiger partial charge on any atom is 0.244 e. The zero-order chi connectivity index (χ0) is 15.9. The number of carbonyl (C=O) groups excluding carboxylic acids is 1. The van der Waals surface area contributed by atoms with Gasteiger partial charge in [0, 0.05) is 12.6 Å². The third-order valence-electron chi connectivity index (χ3n) is 6.08. The number of carbonyl (C=O) groups is 1. The average Bonchev–Trinajstić information content (AvgIpc) is 2.50. The molecule has 0 atom stereocenters. The van der Waals surface area contributed by atoms with Crippen LogP contribution < -0.4 is 5.32 Å². The van der Waals surface area contributed by atoms with Crippen LogP contribution in [0.25, 0.3) is 6.08 Å². The standard InChI is InChI=1S/C20H24FNO/c21-18-3-1-2-14(9-18)4-5-19(23)22-13-20-10-15-6-16(11-20)8-17(7-15)12-20/h1-5,9,15-17H,6-8,10-13H2,(H,22,23)/b5-4+. The molecule has 4 aliphatic carbocycles. The highest BCUT2D eigenvalue weighted by Crippen LogP contribution is 2.59. The van der Waals surface area contributed by atoms with Gasteiger partial charge in [-0.1, -0.05) is 12.1 Å². The van der Waals surface area contributed by atoms with Gasteiger partial charge in [-0.05, 0) is 85.5 Å². The van der Waals surface area contributed by atoms with E-state index in [1.54, 1.807) is 18.2 Å². The molecule has 0 spiro atoms. The predicted octanol–water partition coefficient (Wildman–Crippen LogP) is 4.17. The number of amides is 1. The molecule has 1 amide bonds. The summed E-state index contributed by atoms with van der Waals surface area (Å²) in [5.74, 6) is 2.37. The molecule has 0 aliphatic heterocycles. The first kappa shape index (κ1) is 14.9. The van der Waals surface area contributed by atoms with Crippen LogP contribution in [0, 0.1) is 29.0 Å². The van der Waals surface area contributed by atoms with Crippen molar-refractivity contribution in [3.05, 3.63) is 41.7 Å². The largest absolute Gasteiger partial charge is 0.352 e. The molecule has 0 saturated heterocycles. The zero-order valence-corrected chi connectivity index (χ0v) is 13.4. The van der Waals surface area contributed by atoms with Gasteiger partial charge in [0.1, 0.15) is 5.82 Å². The molecule has 0 unspecified atom stereocenters. The Balaban J connectivity index is 1.35. The lowest BCUT2D eigenvalue weighted by Gasteiger charge is -2.56. The summed E-state index contributed by atoms with van der Waals surface area (Å²) in [5.41, 5.74) is 1.08. The van der Waals surface area contributed by atoms with Gasteiger partial charge in [0.05, 0.1) is 0 Å². The number of nitrogens with one attached hydrogen (secondary N) is 1. The minimum atomic E-state index is -0.277. The van der Waals surface area contributed by atoms with Crippen molar-refractivity contribution in [2.24, 2.45) is 23.2 Å². The van der Waals surface area contributed by atoms with Gasteiger partial charge < -0.3 is 5.32 Å². The summed E-state index contributed by atoms with van der Waals surface area (Å²) in [6.07, 6.45) is 11.4. The van der Waals surface area contributed by atoms with E-state index in [1.807, 2.05) is 0 Å². The second-order valence-electron chi connectivity index (χ2n) is 8.02. The molecule has 0 radical (unpaired) electrons. The van der Waals surface area contributed by atoms with Gasteiger partial charge in [0.2, 0.25) is 5.91 Å². The fourth-order valence-electron chi connectivity index (χ4n) is 5.62. The van der Waals surface area contributed by atoms with Crippen LogP contribution in [0.2, 0.25) is 0 Å². The van der Waals surface area contributed by atoms with Gasteiger partial charge in [0.15, 0.2) is 0 Å². The van der Waals surface area contributed by atoms with Crippen molar-refractivity contribution in [1.29, 1.82) is 0 Å². The van der Waals surface area contributed by atoms with E-state index >= 15 is 0 Å². The summed E-state index contributed by atoms with van der Waals surface area (Å²) in [6.45, 7) is 0.808. The Hall–Kier alpha value is -1.64. The second kappa shape index (κ2) is 5.77. The van der Waals surface area contributed by atoms with Crippen molar-refractivity contribution in [2.45, 2.75) is 38.5 Å². The molecule has 4 fully saturated rings. The van der Waals surface area contributed by atoms with E-state index in [1.165, 1.54) is 56.7 Å². The SMILES string of the molecule is O=C(/C=C/c1cccc(F)c1)NCC12CC3CC(CC(C3)C1)C2. The lowest BCUT2D eigenvalue weighted by molar-refractivity contribution is -0.118. The quantitative estimate of drug-likeness (QED) is 0.831. The lowest BCUT2D eigenvalue weighted by atomic mass is 9.49. The molecule has 4 bridgehead atoms. The van der Waals surface area contributed by atoms with Crippen LogP contribution in [-0.2, 0) is 4.79 Å². The Kier molecular flexibility index (Phi) is 3.74. The Labute approximate surface area is 137 Å². The van der Waals surface area contributed by atoms with Gasteiger partial charge in [-0.3, -0.25) is 4.79 Å². The molecule has 3 heteroatoms. The Bertz CT molecular complexity index is 601. The molecular weight excluding hydrogens is 289 g/mol. The maximum atomic E-state index is 13.1. The first-order valence-corrected chi connectivity index (χ1v) is 8.82. The number of benzene rings is 1. The van der Waals surface area contributed by atoms with Crippen LogP contribution in [0.3, 0.4) is 0 Å². The van der Waals surface area contributed by atoms with Gasteiger partial charge in [-0.25, -0.2) is 4.39 Å². The molecular formula is C20H24FNO. The molecule has 122 valence electrons. The highest BCUT2D eigenvalue weighted by Gasteiger charge is 2.50. The van der Waals surface area contributed by atoms with Gasteiger partial charge in [-0.2, -0.15) is 0 Å². The lowest BCUT2D eigenvalue weighted by Crippen LogP contribution is -2.51. The third-order valence-corrected chi connectivity index (χ3v) is 6.08. The third kappa shape index (κ3) is 3.19. The zero-order valence-electron chi connectivity index (χ0n) is 13.4. The summed E-state index contributed by atoms with van der Waals surface area (Å²) >= 11 is 0. The average molecular weight is 313 g/mol. The van der Waals surface area contributed by atoms with Crippen LogP contribution in [0.15, 0.2) is 30.3 Å². The minimum absolute atomic E-state index is 0.0648. The molecule has 0 aromatic heterocycles. The highest BCUT2D eigenvalue weighted by atomic mass is 19.1. The molecule has 23 heavy (non-hydrogen) atoms. The summed E-state index contributed by atoms with van der Waals surface area (Å²) < 4.78 is 13.1. The number of hydrogen-bond acceptors (Lipinski definition) is 1. The molecule has 1 aromatic rings. The molecule has 4 saturated carbocycles. The topological polar surface area (TPSA) is 29.1 Å². The number of hydrogen-bond donors (Lipinski definition) is 1. The molecule has 2 nitrogen and oxygen atoms in total. The summed E-state index contributed by atoms with van der Waals surface area (Å²) in [4.78, 5) is 12.1. The second-order valence-corrected chi connectivity index (χ2v) is 8.02. The van der Waals surface area contributed by atoms with Gasteiger partial charge >= 0.3 is 0 Å². The monoisotopic (exact) mass is 313 g/mol. The molecule has 5 rings (SSSR count). The maximum absolute atomic E-state index is 13.1. The number of rotatable bonds is 4. The van der Waals surface area contributed by atoms with E-state index in [4.69, 9.17) is 0 Å². The Morgan fingerprint density at radius 3 is 2.43 bits per heavy atom. The first-order valence-electron chi connectivity index (χ1n) is 8.82. The summed E-state index contributed by atoms with van der Waals surface area (Å²) in [7, 11) is 0. The normalized spacial score (nSPS) is 34.9. The smallest absolute Gasteiger partial charge is 0.244 e. The van der Waals surface area contributed by atoms with E-state index in [9.17, 15) is 9.18 Å². The van der Waals surface area contributed by atoms with Crippen LogP contribution >= 0.6 is 0 Å². The van der Waals surface area contributed by atoms with E-state index in [0.717, 1.165) is 29.9 Å². The van der Waals surface area contributed by atoms with E-state index < -0.39 is 0 Å². The number of halogens is 1. The fraction of sp³-hybridized carbons (Fsp3) is 0.550. The molecule has 1 aromatic carbocycles. The van der Waals surface area contributed by atoms with Crippen molar-refractivity contribution >= 4 is 12.0 Å². The van der Waals surface area contributed by atoms with Crippen molar-refractivity contribution in [1.82, 2.24) is 5.32 Å². The molecule has 0 heterocycles. The van der Waals surface area contributed by atoms with Crippen LogP contribution in [0.1, 0.15) is 44.1 Å². The molecule has 4 aliphatic rings. The van der Waals surface area contributed by atoms with Crippen molar-refractivity contribution in [3.8, 4) is 0 Å². The predicted molar refractivity (Wildman–Crippen MR) is 89.0 cm³/mol. The van der Waals surface area contributed by atoms with Crippen LogP contribution in [0.4, 0.5) is 4.39 Å². The van der Waals surface area contributed by atoms with Crippen molar-refractivity contribution < 1.29 is 9.18 Å². The van der Waals surface area contributed by atoms with E-state index in [-0.39, 0.29) is 11.7 Å². The van der Waals surface area contributed by atoms with Crippen LogP contribution in [-0.4, -0.2) is 12.5 Å².